The number of rotatable bonds is 7. The number of hydrogen-bond acceptors (Lipinski definition) is 4. The molecule has 0 aliphatic carbocycles. The third-order valence-corrected chi connectivity index (χ3v) is 2.61. The molecule has 0 bridgehead atoms. The van der Waals surface area contributed by atoms with Crippen LogP contribution in [0.25, 0.3) is 0 Å². The van der Waals surface area contributed by atoms with Crippen molar-refractivity contribution in [3.63, 3.8) is 0 Å². The van der Waals surface area contributed by atoms with Gasteiger partial charge < -0.3 is 4.74 Å². The molecule has 0 N–H and O–H groups in total. The minimum absolute atomic E-state index is 0.502. The molecule has 4 nitrogen and oxygen atoms in total. The second kappa shape index (κ2) is 8.25. The fourth-order valence-corrected chi connectivity index (χ4v) is 1.70. The lowest BCUT2D eigenvalue weighted by molar-refractivity contribution is 0.145. The zero-order chi connectivity index (χ0) is 13.2. The first kappa shape index (κ1) is 14.2. The van der Waals surface area contributed by atoms with E-state index in [0.717, 1.165) is 25.2 Å². The van der Waals surface area contributed by atoms with Crippen molar-refractivity contribution in [3.05, 3.63) is 35.4 Å². The molecule has 0 radical (unpaired) electrons. The van der Waals surface area contributed by atoms with E-state index in [0.29, 0.717) is 18.6 Å². The Morgan fingerprint density at radius 2 is 2.11 bits per heavy atom. The van der Waals surface area contributed by atoms with Crippen LogP contribution in [0.5, 0.6) is 0 Å². The fourth-order valence-electron chi connectivity index (χ4n) is 1.70. The molecule has 0 aliphatic rings. The molecule has 0 aromatic heterocycles. The molecule has 0 heterocycles. The highest BCUT2D eigenvalue weighted by atomic mass is 16.5. The summed E-state index contributed by atoms with van der Waals surface area (Å²) in [6, 6.07) is 11.8. The molecule has 94 valence electrons. The third-order valence-electron chi connectivity index (χ3n) is 2.61. The normalized spacial score (nSPS) is 10.0. The van der Waals surface area contributed by atoms with Crippen LogP contribution in [0.4, 0.5) is 0 Å². The van der Waals surface area contributed by atoms with Crippen LogP contribution in [-0.2, 0) is 11.3 Å². The quantitative estimate of drug-likeness (QED) is 0.734. The highest BCUT2D eigenvalue weighted by Gasteiger charge is 2.06. The molecule has 0 aliphatic heterocycles. The van der Waals surface area contributed by atoms with E-state index in [9.17, 15) is 0 Å². The maximum Gasteiger partial charge on any atom is 0.0991 e. The summed E-state index contributed by atoms with van der Waals surface area (Å²) in [4.78, 5) is 2.16. The maximum atomic E-state index is 8.85. The zero-order valence-electron chi connectivity index (χ0n) is 10.6. The molecule has 1 aromatic carbocycles. The molecule has 0 saturated heterocycles. The van der Waals surface area contributed by atoms with Crippen LogP contribution < -0.4 is 0 Å². The molecule has 1 aromatic rings. The number of hydrogen-bond donors (Lipinski definition) is 0. The number of nitriles is 2. The summed E-state index contributed by atoms with van der Waals surface area (Å²) in [7, 11) is 1.67. The van der Waals surface area contributed by atoms with Crippen molar-refractivity contribution in [2.75, 3.05) is 26.8 Å². The number of nitrogens with zero attached hydrogens (tertiary/aromatic N) is 3. The largest absolute Gasteiger partial charge is 0.383 e. The highest BCUT2D eigenvalue weighted by molar-refractivity contribution is 5.32. The number of methoxy groups -OCH3 is 1. The topological polar surface area (TPSA) is 60.0 Å². The number of benzene rings is 1. The van der Waals surface area contributed by atoms with Gasteiger partial charge in [-0.2, -0.15) is 10.5 Å². The second-order valence-corrected chi connectivity index (χ2v) is 3.99. The Kier molecular flexibility index (Phi) is 6.50. The lowest BCUT2D eigenvalue weighted by atomic mass is 10.1. The van der Waals surface area contributed by atoms with Gasteiger partial charge in [-0.15, -0.1) is 0 Å². The standard InChI is InChI=1S/C14H17N3O/c1-18-9-8-17(7-3-6-15)12-14-5-2-4-13(10-14)11-16/h2,4-5,10H,3,7-9,12H2,1H3. The molecule has 1 rings (SSSR count). The van der Waals surface area contributed by atoms with E-state index in [-0.39, 0.29) is 0 Å². The predicted octanol–water partition coefficient (Wildman–Crippen LogP) is 1.92. The molecule has 18 heavy (non-hydrogen) atoms. The van der Waals surface area contributed by atoms with Crippen molar-refractivity contribution in [1.29, 1.82) is 10.5 Å². The Labute approximate surface area is 108 Å². The fraction of sp³-hybridized carbons (Fsp3) is 0.429. The van der Waals surface area contributed by atoms with Gasteiger partial charge in [0.2, 0.25) is 0 Å². The van der Waals surface area contributed by atoms with Crippen LogP contribution in [0, 0.1) is 22.7 Å². The van der Waals surface area contributed by atoms with Gasteiger partial charge in [0, 0.05) is 33.2 Å². The monoisotopic (exact) mass is 243 g/mol. The summed E-state index contributed by atoms with van der Waals surface area (Å²) in [6.45, 7) is 2.88. The Balaban J connectivity index is 2.63. The lowest BCUT2D eigenvalue weighted by Crippen LogP contribution is -2.28. The van der Waals surface area contributed by atoms with Crippen molar-refractivity contribution in [2.45, 2.75) is 13.0 Å². The summed E-state index contributed by atoms with van der Waals surface area (Å²) in [5, 5.41) is 17.5. The van der Waals surface area contributed by atoms with Crippen LogP contribution >= 0.6 is 0 Å². The number of ether oxygens (including phenoxy) is 1. The minimum atomic E-state index is 0.502. The second-order valence-electron chi connectivity index (χ2n) is 3.99. The van der Waals surface area contributed by atoms with Crippen LogP contribution in [-0.4, -0.2) is 31.7 Å². The smallest absolute Gasteiger partial charge is 0.0991 e. The van der Waals surface area contributed by atoms with Gasteiger partial charge in [-0.05, 0) is 17.7 Å². The SMILES string of the molecule is COCCN(CCC#N)Cc1cccc(C#N)c1. The Bertz CT molecular complexity index is 445. The first-order valence-corrected chi connectivity index (χ1v) is 5.87. The van der Waals surface area contributed by atoms with Crippen LogP contribution in [0.3, 0.4) is 0 Å². The van der Waals surface area contributed by atoms with Gasteiger partial charge in [-0.3, -0.25) is 4.90 Å². The summed E-state index contributed by atoms with van der Waals surface area (Å²) >= 11 is 0. The van der Waals surface area contributed by atoms with E-state index >= 15 is 0 Å². The summed E-state index contributed by atoms with van der Waals surface area (Å²) < 4.78 is 5.06. The molecule has 0 unspecified atom stereocenters. The minimum Gasteiger partial charge on any atom is -0.383 e. The summed E-state index contributed by atoms with van der Waals surface area (Å²) in [6.07, 6.45) is 0.502. The first-order chi connectivity index (χ1) is 8.80. The molecule has 0 atom stereocenters. The van der Waals surface area contributed by atoms with Gasteiger partial charge in [0.05, 0.1) is 24.3 Å². The van der Waals surface area contributed by atoms with Crippen molar-refractivity contribution < 1.29 is 4.74 Å². The molecular weight excluding hydrogens is 226 g/mol. The van der Waals surface area contributed by atoms with Crippen LogP contribution in [0.1, 0.15) is 17.5 Å². The predicted molar refractivity (Wildman–Crippen MR) is 68.5 cm³/mol. The first-order valence-electron chi connectivity index (χ1n) is 5.87. The molecule has 4 heteroatoms. The zero-order valence-corrected chi connectivity index (χ0v) is 10.6. The van der Waals surface area contributed by atoms with Crippen molar-refractivity contribution in [1.82, 2.24) is 4.90 Å². The average molecular weight is 243 g/mol. The van der Waals surface area contributed by atoms with E-state index in [2.05, 4.69) is 17.0 Å². The van der Waals surface area contributed by atoms with E-state index in [1.807, 2.05) is 18.2 Å². The molecule has 0 saturated carbocycles. The van der Waals surface area contributed by atoms with Crippen LogP contribution in [0.2, 0.25) is 0 Å². The Morgan fingerprint density at radius 1 is 1.28 bits per heavy atom. The average Bonchev–Trinajstić information content (AvgIpc) is 2.42. The van der Waals surface area contributed by atoms with Gasteiger partial charge >= 0.3 is 0 Å². The molecule has 0 amide bonds. The van der Waals surface area contributed by atoms with Crippen molar-refractivity contribution in [2.24, 2.45) is 0 Å². The summed E-state index contributed by atoms with van der Waals surface area (Å²) in [5.41, 5.74) is 1.75. The van der Waals surface area contributed by atoms with E-state index in [1.54, 1.807) is 13.2 Å². The van der Waals surface area contributed by atoms with Crippen LogP contribution in [0.15, 0.2) is 24.3 Å². The highest BCUT2D eigenvalue weighted by Crippen LogP contribution is 2.08. The van der Waals surface area contributed by atoms with Gasteiger partial charge in [-0.1, -0.05) is 12.1 Å². The maximum absolute atomic E-state index is 8.85. The third kappa shape index (κ3) is 4.97. The van der Waals surface area contributed by atoms with Gasteiger partial charge in [0.15, 0.2) is 0 Å². The van der Waals surface area contributed by atoms with Crippen molar-refractivity contribution >= 4 is 0 Å². The molecule has 0 fully saturated rings. The van der Waals surface area contributed by atoms with Crippen molar-refractivity contribution in [3.8, 4) is 12.1 Å². The van der Waals surface area contributed by atoms with Gasteiger partial charge in [-0.25, -0.2) is 0 Å². The lowest BCUT2D eigenvalue weighted by Gasteiger charge is -2.20. The van der Waals surface area contributed by atoms with E-state index in [4.69, 9.17) is 15.3 Å². The molecule has 0 spiro atoms. The summed E-state index contributed by atoms with van der Waals surface area (Å²) in [5.74, 6) is 0. The van der Waals surface area contributed by atoms with E-state index in [1.165, 1.54) is 0 Å². The molecular formula is C14H17N3O. The Morgan fingerprint density at radius 3 is 2.78 bits per heavy atom. The van der Waals surface area contributed by atoms with Gasteiger partial charge in [0.1, 0.15) is 0 Å². The van der Waals surface area contributed by atoms with E-state index < -0.39 is 0 Å². The Hall–Kier alpha value is -1.88. The van der Waals surface area contributed by atoms with Gasteiger partial charge in [0.25, 0.3) is 0 Å².